The van der Waals surface area contributed by atoms with Crippen molar-refractivity contribution in [1.82, 2.24) is 9.47 Å². The second-order valence-electron chi connectivity index (χ2n) is 9.09. The fourth-order valence-electron chi connectivity index (χ4n) is 5.25. The van der Waals surface area contributed by atoms with Crippen LogP contribution in [0, 0.1) is 23.3 Å². The summed E-state index contributed by atoms with van der Waals surface area (Å²) in [6.07, 6.45) is 5.85. The maximum atomic E-state index is 14.4. The Morgan fingerprint density at radius 2 is 1.69 bits per heavy atom. The van der Waals surface area contributed by atoms with E-state index in [1.807, 2.05) is 22.9 Å². The van der Waals surface area contributed by atoms with Gasteiger partial charge in [0, 0.05) is 28.8 Å². The van der Waals surface area contributed by atoms with Gasteiger partial charge in [0.1, 0.15) is 34.3 Å². The predicted molar refractivity (Wildman–Crippen MR) is 129 cm³/mol. The molecule has 9 heteroatoms. The number of amides is 2. The third kappa shape index (κ3) is 3.87. The molecule has 2 aromatic heterocycles. The van der Waals surface area contributed by atoms with Crippen molar-refractivity contribution in [2.75, 3.05) is 5.32 Å². The number of nitrogens with zero attached hydrogens (tertiary/aromatic N) is 2. The van der Waals surface area contributed by atoms with Gasteiger partial charge in [-0.15, -0.1) is 11.3 Å². The first kappa shape index (κ1) is 22.8. The lowest BCUT2D eigenvalue weighted by molar-refractivity contribution is 0.194. The first-order chi connectivity index (χ1) is 17.4. The van der Waals surface area contributed by atoms with Gasteiger partial charge in [0.2, 0.25) is 0 Å². The molecule has 1 atom stereocenters. The Morgan fingerprint density at radius 3 is 2.50 bits per heavy atom. The summed E-state index contributed by atoms with van der Waals surface area (Å²) in [7, 11) is 0. The smallest absolute Gasteiger partial charge is 0.310 e. The van der Waals surface area contributed by atoms with Gasteiger partial charge in [-0.2, -0.15) is 0 Å². The Morgan fingerprint density at radius 1 is 0.917 bits per heavy atom. The lowest BCUT2D eigenvalue weighted by Gasteiger charge is -2.31. The molecule has 0 saturated carbocycles. The predicted octanol–water partition coefficient (Wildman–Crippen LogP) is 7.11. The maximum Gasteiger partial charge on any atom is 0.323 e. The molecule has 1 aliphatic heterocycles. The molecule has 2 aromatic carbocycles. The Balaban J connectivity index is 1.52. The molecule has 1 aliphatic carbocycles. The number of anilines is 1. The van der Waals surface area contributed by atoms with Crippen molar-refractivity contribution in [3.8, 4) is 5.00 Å². The largest absolute Gasteiger partial charge is 0.323 e. The standard InChI is InChI=1S/C27H21F4N3OS/c28-16-7-8-21(31)22(13-16)32-27(35)34-14-20-19-4-1-2-6-24(19)36-26(20)33-9-3-5-23(33)25(34)15-10-17(29)12-18(30)11-15/h3,5,7-13,25H,1-2,4,6,14H2,(H,32,35)/t25-/m1/s1. The van der Waals surface area contributed by atoms with Crippen molar-refractivity contribution < 1.29 is 22.4 Å². The average molecular weight is 512 g/mol. The van der Waals surface area contributed by atoms with E-state index >= 15 is 0 Å². The number of nitrogens with one attached hydrogen (secondary N) is 1. The van der Waals surface area contributed by atoms with Crippen LogP contribution in [0.4, 0.5) is 28.0 Å². The fourth-order valence-corrected chi connectivity index (χ4v) is 6.65. The summed E-state index contributed by atoms with van der Waals surface area (Å²) < 4.78 is 58.9. The van der Waals surface area contributed by atoms with Crippen LogP contribution in [0.1, 0.15) is 46.1 Å². The first-order valence-corrected chi connectivity index (χ1v) is 12.5. The number of benzene rings is 2. The molecule has 0 fully saturated rings. The fraction of sp³-hybridized carbons (Fsp3) is 0.222. The lowest BCUT2D eigenvalue weighted by Crippen LogP contribution is -2.38. The van der Waals surface area contributed by atoms with Crippen LogP contribution in [-0.4, -0.2) is 15.5 Å². The van der Waals surface area contributed by atoms with Crippen LogP contribution in [-0.2, 0) is 19.4 Å². The molecule has 0 spiro atoms. The lowest BCUT2D eigenvalue weighted by atomic mass is 9.95. The summed E-state index contributed by atoms with van der Waals surface area (Å²) in [4.78, 5) is 16.4. The van der Waals surface area contributed by atoms with Crippen molar-refractivity contribution in [3.05, 3.63) is 105 Å². The van der Waals surface area contributed by atoms with Gasteiger partial charge in [-0.1, -0.05) is 0 Å². The second-order valence-corrected chi connectivity index (χ2v) is 10.2. The van der Waals surface area contributed by atoms with Gasteiger partial charge in [0.25, 0.3) is 0 Å². The maximum absolute atomic E-state index is 14.4. The summed E-state index contributed by atoms with van der Waals surface area (Å²) in [5, 5.41) is 3.45. The minimum Gasteiger partial charge on any atom is -0.310 e. The average Bonchev–Trinajstić information content (AvgIpc) is 3.42. The number of urea groups is 1. The van der Waals surface area contributed by atoms with Crippen molar-refractivity contribution in [2.24, 2.45) is 0 Å². The van der Waals surface area contributed by atoms with Crippen LogP contribution in [0.2, 0.25) is 0 Å². The minimum absolute atomic E-state index is 0.147. The molecule has 0 bridgehead atoms. The highest BCUT2D eigenvalue weighted by atomic mass is 32.1. The number of hydrogen-bond acceptors (Lipinski definition) is 2. The SMILES string of the molecule is O=C(Nc1cc(F)ccc1F)N1Cc2c(sc3c2CCCC3)-n2cccc2[C@H]1c1cc(F)cc(F)c1. The quantitative estimate of drug-likeness (QED) is 0.286. The zero-order chi connectivity index (χ0) is 25.0. The van der Waals surface area contributed by atoms with Crippen LogP contribution in [0.3, 0.4) is 0 Å². The monoisotopic (exact) mass is 511 g/mol. The Bertz CT molecular complexity index is 1470. The molecular formula is C27H21F4N3OS. The molecule has 184 valence electrons. The van der Waals surface area contributed by atoms with Crippen molar-refractivity contribution in [3.63, 3.8) is 0 Å². The third-order valence-electron chi connectivity index (χ3n) is 6.81. The number of aryl methyl sites for hydroxylation is 1. The molecular weight excluding hydrogens is 490 g/mol. The van der Waals surface area contributed by atoms with E-state index in [0.29, 0.717) is 5.69 Å². The van der Waals surface area contributed by atoms with Gasteiger partial charge in [-0.3, -0.25) is 0 Å². The van der Waals surface area contributed by atoms with E-state index in [0.717, 1.165) is 60.5 Å². The highest BCUT2D eigenvalue weighted by Crippen LogP contribution is 2.44. The van der Waals surface area contributed by atoms with E-state index in [-0.39, 0.29) is 17.8 Å². The van der Waals surface area contributed by atoms with Gasteiger partial charge in [0.15, 0.2) is 0 Å². The number of rotatable bonds is 2. The highest BCUT2D eigenvalue weighted by Gasteiger charge is 2.36. The molecule has 1 N–H and O–H groups in total. The van der Waals surface area contributed by atoms with Crippen LogP contribution >= 0.6 is 11.3 Å². The van der Waals surface area contributed by atoms with E-state index in [9.17, 15) is 22.4 Å². The van der Waals surface area contributed by atoms with E-state index in [4.69, 9.17) is 0 Å². The van der Waals surface area contributed by atoms with Crippen molar-refractivity contribution >= 4 is 23.1 Å². The molecule has 2 amide bonds. The van der Waals surface area contributed by atoms with Crippen LogP contribution in [0.25, 0.3) is 5.00 Å². The molecule has 2 aliphatic rings. The van der Waals surface area contributed by atoms with Gasteiger partial charge < -0.3 is 14.8 Å². The zero-order valence-electron chi connectivity index (χ0n) is 19.0. The molecule has 4 nitrogen and oxygen atoms in total. The van der Waals surface area contributed by atoms with Gasteiger partial charge in [-0.05, 0) is 73.2 Å². The summed E-state index contributed by atoms with van der Waals surface area (Å²) in [5.41, 5.74) is 2.75. The summed E-state index contributed by atoms with van der Waals surface area (Å²) in [6.45, 7) is 0.147. The van der Waals surface area contributed by atoms with E-state index in [2.05, 4.69) is 5.32 Å². The molecule has 0 unspecified atom stereocenters. The number of thiophene rings is 1. The summed E-state index contributed by atoms with van der Waals surface area (Å²) in [5.74, 6) is -3.02. The van der Waals surface area contributed by atoms with Gasteiger partial charge in [-0.25, -0.2) is 22.4 Å². The zero-order valence-corrected chi connectivity index (χ0v) is 19.8. The van der Waals surface area contributed by atoms with Crippen molar-refractivity contribution in [2.45, 2.75) is 38.3 Å². The minimum atomic E-state index is -0.874. The highest BCUT2D eigenvalue weighted by molar-refractivity contribution is 7.15. The van der Waals surface area contributed by atoms with E-state index in [1.165, 1.54) is 27.5 Å². The first-order valence-electron chi connectivity index (χ1n) is 11.7. The molecule has 36 heavy (non-hydrogen) atoms. The number of carbonyl (C=O) groups excluding carboxylic acids is 1. The summed E-state index contributed by atoms with van der Waals surface area (Å²) >= 11 is 1.67. The van der Waals surface area contributed by atoms with E-state index < -0.39 is 35.3 Å². The van der Waals surface area contributed by atoms with Crippen LogP contribution in [0.5, 0.6) is 0 Å². The Hall–Kier alpha value is -3.59. The summed E-state index contributed by atoms with van der Waals surface area (Å²) in [6, 6.07) is 8.04. The molecule has 6 rings (SSSR count). The van der Waals surface area contributed by atoms with Gasteiger partial charge >= 0.3 is 6.03 Å². The molecule has 0 saturated heterocycles. The van der Waals surface area contributed by atoms with Crippen LogP contribution in [0.15, 0.2) is 54.7 Å². The molecule has 3 heterocycles. The van der Waals surface area contributed by atoms with Gasteiger partial charge in [0.05, 0.1) is 17.9 Å². The number of halogens is 4. The third-order valence-corrected chi connectivity index (χ3v) is 8.14. The van der Waals surface area contributed by atoms with E-state index in [1.54, 1.807) is 11.3 Å². The number of hydrogen-bond donors (Lipinski definition) is 1. The molecule has 4 aromatic rings. The number of aromatic nitrogens is 1. The normalized spacial score (nSPS) is 16.7. The molecule has 0 radical (unpaired) electrons. The topological polar surface area (TPSA) is 37.3 Å². The number of fused-ring (bicyclic) bond motifs is 5. The van der Waals surface area contributed by atoms with Crippen LogP contribution < -0.4 is 5.32 Å². The van der Waals surface area contributed by atoms with Crippen molar-refractivity contribution in [1.29, 1.82) is 0 Å². The Labute approximate surface area is 208 Å². The second kappa shape index (κ2) is 8.81. The number of carbonyl (C=O) groups is 1. The Kier molecular flexibility index (Phi) is 5.59.